The number of primary amides is 1. The maximum atomic E-state index is 13.6. The number of nitrogens with two attached hydrogens (primary N) is 1. The summed E-state index contributed by atoms with van der Waals surface area (Å²) < 4.78 is 12.8. The van der Waals surface area contributed by atoms with Crippen LogP contribution in [-0.4, -0.2) is 82.9 Å². The molecule has 0 aliphatic carbocycles. The van der Waals surface area contributed by atoms with Crippen molar-refractivity contribution in [3.05, 3.63) is 122 Å². The molecule has 2 aromatic carbocycles. The van der Waals surface area contributed by atoms with Crippen molar-refractivity contribution in [2.75, 3.05) is 30.3 Å². The van der Waals surface area contributed by atoms with E-state index in [1.165, 1.54) is 23.1 Å². The largest absolute Gasteiger partial charge is 0.493 e. The van der Waals surface area contributed by atoms with Gasteiger partial charge in [-0.2, -0.15) is 0 Å². The summed E-state index contributed by atoms with van der Waals surface area (Å²) >= 11 is 1.66. The molecular weight excluding hydrogens is 881 g/mol. The fourth-order valence-corrected chi connectivity index (χ4v) is 7.72. The van der Waals surface area contributed by atoms with Gasteiger partial charge in [0, 0.05) is 66.6 Å². The van der Waals surface area contributed by atoms with Gasteiger partial charge in [-0.3, -0.25) is 39.0 Å². The number of hydrogen-bond acceptors (Lipinski definition) is 11. The van der Waals surface area contributed by atoms with E-state index in [0.717, 1.165) is 22.4 Å². The Balaban J connectivity index is 1.09. The number of urea groups is 1. The molecule has 3 heterocycles. The van der Waals surface area contributed by atoms with Crippen molar-refractivity contribution in [2.24, 2.45) is 11.7 Å². The predicted octanol–water partition coefficient (Wildman–Crippen LogP) is 5.13. The molecule has 1 aliphatic rings. The van der Waals surface area contributed by atoms with Gasteiger partial charge in [0.25, 0.3) is 17.4 Å². The summed E-state index contributed by atoms with van der Waals surface area (Å²) in [6.07, 6.45) is 6.34. The molecule has 0 spiro atoms. The van der Waals surface area contributed by atoms with Gasteiger partial charge in [-0.05, 0) is 90.9 Å². The second-order valence-corrected chi connectivity index (χ2v) is 17.3. The first-order valence-electron chi connectivity index (χ1n) is 22.1. The number of ether oxygens (including phenoxy) is 2. The number of thiophene rings is 1. The SMILES string of the molecule is Cc1c(Cn2ccc(OCCc3cccs3)cc2=O)cccc1NC(=O)OCc1ccc(NC(=O)[C@H](CCCNC(N)=O)NC(=O)C(NC(=O)CCCCCN2C(=O)C=CC2=O)C(C)C)cc1. The van der Waals surface area contributed by atoms with Crippen LogP contribution in [0.1, 0.15) is 73.9 Å². The molecule has 67 heavy (non-hydrogen) atoms. The number of amides is 8. The van der Waals surface area contributed by atoms with E-state index in [1.54, 1.807) is 78.4 Å². The van der Waals surface area contributed by atoms with Crippen LogP contribution in [0.4, 0.5) is 21.0 Å². The van der Waals surface area contributed by atoms with Crippen LogP contribution in [-0.2, 0) is 48.3 Å². The third kappa shape index (κ3) is 16.3. The zero-order valence-corrected chi connectivity index (χ0v) is 38.7. The van der Waals surface area contributed by atoms with Crippen molar-refractivity contribution in [3.8, 4) is 5.75 Å². The topological polar surface area (TPSA) is 249 Å². The molecule has 1 unspecified atom stereocenters. The Morgan fingerprint density at radius 1 is 0.836 bits per heavy atom. The molecule has 2 atom stereocenters. The van der Waals surface area contributed by atoms with Crippen molar-refractivity contribution in [2.45, 2.75) is 91.0 Å². The monoisotopic (exact) mass is 938 g/mol. The van der Waals surface area contributed by atoms with Crippen LogP contribution >= 0.6 is 11.3 Å². The minimum atomic E-state index is -1.05. The first-order chi connectivity index (χ1) is 32.2. The minimum absolute atomic E-state index is 0.0812. The molecular formula is C48H58N8O10S. The average molecular weight is 939 g/mol. The fourth-order valence-electron chi connectivity index (χ4n) is 7.03. The molecule has 0 radical (unpaired) electrons. The van der Waals surface area contributed by atoms with Gasteiger partial charge in [0.2, 0.25) is 17.7 Å². The Morgan fingerprint density at radius 3 is 2.28 bits per heavy atom. The molecule has 4 aromatic rings. The van der Waals surface area contributed by atoms with Crippen LogP contribution in [0, 0.1) is 12.8 Å². The van der Waals surface area contributed by atoms with Crippen LogP contribution in [0.2, 0.25) is 0 Å². The molecule has 0 fully saturated rings. The van der Waals surface area contributed by atoms with Crippen LogP contribution in [0.3, 0.4) is 0 Å². The molecule has 7 N–H and O–H groups in total. The van der Waals surface area contributed by atoms with Gasteiger partial charge in [-0.15, -0.1) is 11.3 Å². The van der Waals surface area contributed by atoms with Crippen LogP contribution in [0.15, 0.2) is 95.3 Å². The number of hydrogen-bond donors (Lipinski definition) is 6. The third-order valence-corrected chi connectivity index (χ3v) is 11.8. The summed E-state index contributed by atoms with van der Waals surface area (Å²) in [5.41, 5.74) is 8.12. The maximum absolute atomic E-state index is 13.6. The van der Waals surface area contributed by atoms with E-state index in [-0.39, 0.29) is 68.3 Å². The first-order valence-corrected chi connectivity index (χ1v) is 23.0. The summed E-state index contributed by atoms with van der Waals surface area (Å²) in [6.45, 7) is 6.45. The average Bonchev–Trinajstić information content (AvgIpc) is 3.93. The predicted molar refractivity (Wildman–Crippen MR) is 253 cm³/mol. The molecule has 356 valence electrons. The Kier molecular flexibility index (Phi) is 19.2. The van der Waals surface area contributed by atoms with Gasteiger partial charge in [0.15, 0.2) is 0 Å². The lowest BCUT2D eigenvalue weighted by atomic mass is 10.0. The Morgan fingerprint density at radius 2 is 1.60 bits per heavy atom. The third-order valence-electron chi connectivity index (χ3n) is 10.8. The number of unbranched alkanes of at least 4 members (excludes halogenated alkanes) is 2. The highest BCUT2D eigenvalue weighted by atomic mass is 32.1. The number of carbonyl (C=O) groups is 7. The highest BCUT2D eigenvalue weighted by Crippen LogP contribution is 2.21. The number of pyridine rings is 1. The molecule has 0 saturated heterocycles. The molecule has 8 amide bonds. The zero-order chi connectivity index (χ0) is 48.3. The first kappa shape index (κ1) is 50.7. The van der Waals surface area contributed by atoms with E-state index in [2.05, 4.69) is 26.6 Å². The summed E-state index contributed by atoms with van der Waals surface area (Å²) in [5, 5.41) is 15.6. The number of anilines is 2. The molecule has 18 nitrogen and oxygen atoms in total. The van der Waals surface area contributed by atoms with Gasteiger partial charge < -0.3 is 41.0 Å². The number of benzene rings is 2. The van der Waals surface area contributed by atoms with Crippen molar-refractivity contribution in [1.29, 1.82) is 0 Å². The number of nitrogens with one attached hydrogen (secondary N) is 5. The van der Waals surface area contributed by atoms with Gasteiger partial charge in [0.1, 0.15) is 24.4 Å². The van der Waals surface area contributed by atoms with Crippen molar-refractivity contribution in [1.82, 2.24) is 25.4 Å². The number of aromatic nitrogens is 1. The van der Waals surface area contributed by atoms with Crippen molar-refractivity contribution in [3.63, 3.8) is 0 Å². The van der Waals surface area contributed by atoms with E-state index in [1.807, 2.05) is 30.5 Å². The summed E-state index contributed by atoms with van der Waals surface area (Å²) in [4.78, 5) is 103. The molecule has 5 rings (SSSR count). The highest BCUT2D eigenvalue weighted by molar-refractivity contribution is 7.09. The maximum Gasteiger partial charge on any atom is 0.411 e. The number of imide groups is 1. The quantitative estimate of drug-likeness (QED) is 0.0377. The minimum Gasteiger partial charge on any atom is -0.493 e. The Hall–Kier alpha value is -7.28. The van der Waals surface area contributed by atoms with E-state index < -0.39 is 36.0 Å². The van der Waals surface area contributed by atoms with Crippen LogP contribution in [0.5, 0.6) is 5.75 Å². The van der Waals surface area contributed by atoms with E-state index in [9.17, 15) is 38.4 Å². The summed E-state index contributed by atoms with van der Waals surface area (Å²) in [5.74, 6) is -2.01. The number of rotatable bonds is 25. The van der Waals surface area contributed by atoms with Crippen molar-refractivity contribution >= 4 is 64.4 Å². The molecule has 1 aliphatic heterocycles. The van der Waals surface area contributed by atoms with Crippen LogP contribution < -0.4 is 42.6 Å². The number of nitrogens with zero attached hydrogens (tertiary/aromatic N) is 2. The normalized spacial score (nSPS) is 12.9. The Bertz CT molecular complexity index is 2430. The van der Waals surface area contributed by atoms with Crippen molar-refractivity contribution < 1.29 is 43.0 Å². The van der Waals surface area contributed by atoms with E-state index in [0.29, 0.717) is 55.0 Å². The molecule has 19 heteroatoms. The second kappa shape index (κ2) is 25.4. The lowest BCUT2D eigenvalue weighted by molar-refractivity contribution is -0.137. The molecule has 2 aromatic heterocycles. The lowest BCUT2D eigenvalue weighted by Gasteiger charge is -2.25. The zero-order valence-electron chi connectivity index (χ0n) is 37.8. The molecule has 0 bridgehead atoms. The van der Waals surface area contributed by atoms with E-state index >= 15 is 0 Å². The standard InChI is InChI=1S/C48H58N8O10S/c1-31(2)44(54-40(57)14-5-4-6-24-56-41(58)19-20-42(56)59)46(62)52-39(13-8-23-50-47(49)63)45(61)51-35-17-15-33(16-18-35)30-66-48(64)53-38-12-7-10-34(32(38)3)29-55-25-21-36(28-43(55)60)65-26-22-37-11-9-27-67-37/h7,9-12,15-21,25,27-28,31,39,44H,4-6,8,13-14,22-24,26,29-30H2,1-3H3,(H,51,61)(H,52,62)(H,53,64)(H,54,57)(H3,49,50,63)/t39-,44?/m0/s1. The molecule has 0 saturated carbocycles. The van der Waals surface area contributed by atoms with Gasteiger partial charge >= 0.3 is 12.1 Å². The number of carbonyl (C=O) groups excluding carboxylic acids is 7. The van der Waals surface area contributed by atoms with E-state index in [4.69, 9.17) is 15.2 Å². The van der Waals surface area contributed by atoms with Gasteiger partial charge in [0.05, 0.1) is 13.2 Å². The van der Waals surface area contributed by atoms with Gasteiger partial charge in [-0.25, -0.2) is 9.59 Å². The Labute approximate surface area is 392 Å². The second-order valence-electron chi connectivity index (χ2n) is 16.2. The summed E-state index contributed by atoms with van der Waals surface area (Å²) in [7, 11) is 0. The summed E-state index contributed by atoms with van der Waals surface area (Å²) in [6, 6.07) is 16.5. The highest BCUT2D eigenvalue weighted by Gasteiger charge is 2.29. The van der Waals surface area contributed by atoms with Crippen LogP contribution in [0.25, 0.3) is 0 Å². The lowest BCUT2D eigenvalue weighted by Crippen LogP contribution is -2.54. The van der Waals surface area contributed by atoms with Gasteiger partial charge in [-0.1, -0.05) is 50.6 Å². The fraction of sp³-hybridized carbons (Fsp3) is 0.375. The smallest absolute Gasteiger partial charge is 0.411 e.